The maximum Gasteiger partial charge on any atom is 0.243 e. The summed E-state index contributed by atoms with van der Waals surface area (Å²) in [7, 11) is 1.67. The fraction of sp³-hybridized carbons (Fsp3) is 0.562. The van der Waals surface area contributed by atoms with Gasteiger partial charge in [-0.3, -0.25) is 4.79 Å². The van der Waals surface area contributed by atoms with Gasteiger partial charge < -0.3 is 14.5 Å². The van der Waals surface area contributed by atoms with E-state index in [1.807, 2.05) is 19.0 Å². The monoisotopic (exact) mass is 389 g/mol. The highest BCUT2D eigenvalue weighted by Crippen LogP contribution is 2.28. The van der Waals surface area contributed by atoms with Crippen molar-refractivity contribution in [2.45, 2.75) is 11.3 Å². The Morgan fingerprint density at radius 2 is 1.88 bits per heavy atom. The summed E-state index contributed by atoms with van der Waals surface area (Å²) in [4.78, 5) is 15.9. The van der Waals surface area contributed by atoms with E-state index in [1.165, 1.54) is 29.6 Å². The van der Waals surface area contributed by atoms with Crippen LogP contribution in [0.25, 0.3) is 0 Å². The predicted octanol–water partition coefficient (Wildman–Crippen LogP) is 1.13. The number of methoxy groups -OCH3 is 1. The van der Waals surface area contributed by atoms with Gasteiger partial charge in [-0.15, -0.1) is 0 Å². The lowest BCUT2D eigenvalue weighted by Crippen LogP contribution is -2.50. The van der Waals surface area contributed by atoms with Crippen LogP contribution in [0.1, 0.15) is 6.42 Å². The molecule has 0 radical (unpaired) electrons. The Balaban J connectivity index is 2.01. The van der Waals surface area contributed by atoms with E-state index in [2.05, 4.69) is 0 Å². The molecule has 1 aliphatic rings. The minimum Gasteiger partial charge on any atom is -0.495 e. The van der Waals surface area contributed by atoms with Crippen molar-refractivity contribution in [1.82, 2.24) is 14.1 Å². The van der Waals surface area contributed by atoms with Gasteiger partial charge in [-0.1, -0.05) is 11.6 Å². The van der Waals surface area contributed by atoms with E-state index in [4.69, 9.17) is 16.3 Å². The first-order chi connectivity index (χ1) is 11.8. The molecule has 1 aliphatic heterocycles. The Kier molecular flexibility index (Phi) is 6.67. The van der Waals surface area contributed by atoms with Crippen molar-refractivity contribution in [3.63, 3.8) is 0 Å². The molecule has 9 heteroatoms. The molecule has 7 nitrogen and oxygen atoms in total. The first-order valence-electron chi connectivity index (χ1n) is 8.02. The van der Waals surface area contributed by atoms with Crippen LogP contribution in [-0.4, -0.2) is 82.4 Å². The zero-order chi connectivity index (χ0) is 18.6. The Labute approximate surface area is 154 Å². The molecule has 1 aromatic rings. The van der Waals surface area contributed by atoms with Crippen LogP contribution < -0.4 is 4.74 Å². The molecule has 0 N–H and O–H groups in total. The van der Waals surface area contributed by atoms with Crippen LogP contribution in [0, 0.1) is 0 Å². The van der Waals surface area contributed by atoms with Crippen molar-refractivity contribution < 1.29 is 17.9 Å². The average molecular weight is 390 g/mol. The number of carbonyl (C=O) groups is 1. The lowest BCUT2D eigenvalue weighted by Gasteiger charge is -2.34. The summed E-state index contributed by atoms with van der Waals surface area (Å²) in [6.45, 7) is 2.03. The van der Waals surface area contributed by atoms with Gasteiger partial charge in [0.25, 0.3) is 0 Å². The summed E-state index contributed by atoms with van der Waals surface area (Å²) in [5, 5.41) is 0.251. The largest absolute Gasteiger partial charge is 0.495 e. The molecule has 0 aromatic heterocycles. The van der Waals surface area contributed by atoms with Crippen LogP contribution in [0.15, 0.2) is 23.1 Å². The second-order valence-electron chi connectivity index (χ2n) is 6.13. The van der Waals surface area contributed by atoms with Crippen molar-refractivity contribution >= 4 is 27.5 Å². The molecule has 1 fully saturated rings. The molecule has 0 spiro atoms. The number of carbonyl (C=O) groups excluding carboxylic acids is 1. The number of ether oxygens (including phenoxy) is 1. The molecule has 1 aromatic carbocycles. The molecule has 1 heterocycles. The van der Waals surface area contributed by atoms with Gasteiger partial charge in [0.05, 0.1) is 17.0 Å². The van der Waals surface area contributed by atoms with Crippen molar-refractivity contribution in [2.24, 2.45) is 0 Å². The lowest BCUT2D eigenvalue weighted by molar-refractivity contribution is -0.132. The number of sulfonamides is 1. The molecule has 140 valence electrons. The summed E-state index contributed by atoms with van der Waals surface area (Å²) >= 11 is 6.03. The average Bonchev–Trinajstić information content (AvgIpc) is 2.59. The molecular formula is C16H24ClN3O4S. The highest BCUT2D eigenvalue weighted by atomic mass is 35.5. The van der Waals surface area contributed by atoms with Gasteiger partial charge in [0.2, 0.25) is 15.9 Å². The SMILES string of the molecule is COc1ccc(S(=O)(=O)N2CCN(C(=O)CCN(C)C)CC2)cc1Cl. The molecule has 0 aliphatic carbocycles. The maximum absolute atomic E-state index is 12.7. The maximum atomic E-state index is 12.7. The smallest absolute Gasteiger partial charge is 0.243 e. The predicted molar refractivity (Wildman–Crippen MR) is 96.5 cm³/mol. The molecule has 0 atom stereocenters. The summed E-state index contributed by atoms with van der Waals surface area (Å²) in [6.07, 6.45) is 0.438. The number of hydrogen-bond acceptors (Lipinski definition) is 5. The van der Waals surface area contributed by atoms with Crippen LogP contribution in [0.5, 0.6) is 5.75 Å². The second kappa shape index (κ2) is 8.35. The van der Waals surface area contributed by atoms with Crippen molar-refractivity contribution in [3.05, 3.63) is 23.2 Å². The summed E-state index contributed by atoms with van der Waals surface area (Å²) in [6, 6.07) is 4.41. The number of hydrogen-bond donors (Lipinski definition) is 0. The third kappa shape index (κ3) is 4.84. The third-order valence-corrected chi connectivity index (χ3v) is 6.32. The van der Waals surface area contributed by atoms with E-state index in [0.29, 0.717) is 31.8 Å². The van der Waals surface area contributed by atoms with Crippen LogP contribution >= 0.6 is 11.6 Å². The quantitative estimate of drug-likeness (QED) is 0.729. The summed E-state index contributed by atoms with van der Waals surface area (Å²) in [5.74, 6) is 0.482. The Morgan fingerprint density at radius 3 is 2.40 bits per heavy atom. The van der Waals surface area contributed by atoms with Gasteiger partial charge in [-0.2, -0.15) is 4.31 Å². The third-order valence-electron chi connectivity index (χ3n) is 4.13. The van der Waals surface area contributed by atoms with E-state index in [9.17, 15) is 13.2 Å². The van der Waals surface area contributed by atoms with Crippen molar-refractivity contribution in [2.75, 3.05) is 53.9 Å². The van der Waals surface area contributed by atoms with Gasteiger partial charge >= 0.3 is 0 Å². The number of rotatable bonds is 6. The van der Waals surface area contributed by atoms with Gasteiger partial charge in [-0.05, 0) is 32.3 Å². The van der Waals surface area contributed by atoms with Gasteiger partial charge in [0.15, 0.2) is 0 Å². The molecule has 1 saturated heterocycles. The van der Waals surface area contributed by atoms with Crippen LogP contribution in [0.4, 0.5) is 0 Å². The molecule has 25 heavy (non-hydrogen) atoms. The fourth-order valence-corrected chi connectivity index (χ4v) is 4.38. The number of piperazine rings is 1. The lowest BCUT2D eigenvalue weighted by atomic mass is 10.3. The van der Waals surface area contributed by atoms with E-state index >= 15 is 0 Å². The van der Waals surface area contributed by atoms with E-state index < -0.39 is 10.0 Å². The standard InChI is InChI=1S/C16H24ClN3O4S/c1-18(2)7-6-16(21)19-8-10-20(11-9-19)25(22,23)13-4-5-15(24-3)14(17)12-13/h4-5,12H,6-11H2,1-3H3. The second-order valence-corrected chi connectivity index (χ2v) is 8.48. The molecule has 0 unspecified atom stereocenters. The van der Waals surface area contributed by atoms with Crippen LogP contribution in [-0.2, 0) is 14.8 Å². The fourth-order valence-electron chi connectivity index (χ4n) is 2.61. The Bertz CT molecular complexity index is 716. The highest BCUT2D eigenvalue weighted by Gasteiger charge is 2.30. The van der Waals surface area contributed by atoms with Crippen LogP contribution in [0.2, 0.25) is 5.02 Å². The number of amides is 1. The number of halogens is 1. The van der Waals surface area contributed by atoms with Crippen molar-refractivity contribution in [3.8, 4) is 5.75 Å². The minimum absolute atomic E-state index is 0.0539. The molecule has 1 amide bonds. The van der Waals surface area contributed by atoms with Gasteiger partial charge in [0, 0.05) is 39.1 Å². The highest BCUT2D eigenvalue weighted by molar-refractivity contribution is 7.89. The molecule has 2 rings (SSSR count). The molecule has 0 saturated carbocycles. The van der Waals surface area contributed by atoms with Gasteiger partial charge in [0.1, 0.15) is 5.75 Å². The normalized spacial score (nSPS) is 16.3. The Hall–Kier alpha value is -1.35. The minimum atomic E-state index is -3.64. The summed E-state index contributed by atoms with van der Waals surface area (Å²) < 4.78 is 31.9. The molecular weight excluding hydrogens is 366 g/mol. The van der Waals surface area contributed by atoms with E-state index in [-0.39, 0.29) is 28.9 Å². The zero-order valence-corrected chi connectivity index (χ0v) is 16.3. The molecule has 0 bridgehead atoms. The van der Waals surface area contributed by atoms with E-state index in [0.717, 1.165) is 0 Å². The first-order valence-corrected chi connectivity index (χ1v) is 9.83. The van der Waals surface area contributed by atoms with Crippen molar-refractivity contribution in [1.29, 1.82) is 0 Å². The summed E-state index contributed by atoms with van der Waals surface area (Å²) in [5.41, 5.74) is 0. The van der Waals surface area contributed by atoms with Crippen LogP contribution in [0.3, 0.4) is 0 Å². The number of benzene rings is 1. The number of nitrogens with zero attached hydrogens (tertiary/aromatic N) is 3. The van der Waals surface area contributed by atoms with E-state index in [1.54, 1.807) is 4.90 Å². The topological polar surface area (TPSA) is 70.2 Å². The first kappa shape index (κ1) is 20.0. The van der Waals surface area contributed by atoms with Gasteiger partial charge in [-0.25, -0.2) is 8.42 Å². The zero-order valence-electron chi connectivity index (χ0n) is 14.7. The Morgan fingerprint density at radius 1 is 1.24 bits per heavy atom.